The molecular formula is C28H34N2O5. The van der Waals surface area contributed by atoms with Crippen LogP contribution < -0.4 is 24.3 Å². The summed E-state index contributed by atoms with van der Waals surface area (Å²) in [5, 5.41) is 3.03. The molecule has 3 rings (SSSR count). The highest BCUT2D eigenvalue weighted by Gasteiger charge is 2.16. The Labute approximate surface area is 207 Å². The van der Waals surface area contributed by atoms with Gasteiger partial charge in [-0.2, -0.15) is 0 Å². The molecule has 1 unspecified atom stereocenters. The van der Waals surface area contributed by atoms with Crippen LogP contribution in [0.2, 0.25) is 0 Å². The Morgan fingerprint density at radius 2 is 1.51 bits per heavy atom. The van der Waals surface area contributed by atoms with E-state index in [9.17, 15) is 4.79 Å². The van der Waals surface area contributed by atoms with Gasteiger partial charge in [-0.05, 0) is 72.9 Å². The molecule has 186 valence electrons. The zero-order chi connectivity index (χ0) is 25.2. The van der Waals surface area contributed by atoms with Gasteiger partial charge in [0.25, 0.3) is 5.91 Å². The quantitative estimate of drug-likeness (QED) is 0.365. The number of hydrogen-bond donors (Lipinski definition) is 1. The molecule has 0 aliphatic rings. The van der Waals surface area contributed by atoms with E-state index in [1.54, 1.807) is 44.8 Å². The lowest BCUT2D eigenvalue weighted by atomic mass is 10.1. The number of nitrogens with one attached hydrogen (secondary N) is 1. The highest BCUT2D eigenvalue weighted by Crippen LogP contribution is 2.32. The summed E-state index contributed by atoms with van der Waals surface area (Å²) in [7, 11) is 3.16. The fourth-order valence-corrected chi connectivity index (χ4v) is 3.41. The summed E-state index contributed by atoms with van der Waals surface area (Å²) in [6.07, 6.45) is 4.40. The van der Waals surface area contributed by atoms with Crippen LogP contribution in [0.5, 0.6) is 23.0 Å². The van der Waals surface area contributed by atoms with Gasteiger partial charge in [-0.15, -0.1) is 0 Å². The molecule has 0 aliphatic carbocycles. The standard InChI is InChI=1S/C28H34N2O5/c1-19(2)12-15-34-24-9-7-23(17-27(24)33-5)28(31)30-20(3)22-6-8-25(26(16-22)32-4)35-18-21-10-13-29-14-11-21/h6-11,13-14,16-17,19-20H,12,15,18H2,1-5H3,(H,30,31). The molecule has 7 heteroatoms. The molecular weight excluding hydrogens is 444 g/mol. The molecule has 1 atom stereocenters. The number of methoxy groups -OCH3 is 2. The van der Waals surface area contributed by atoms with E-state index in [1.165, 1.54) is 0 Å². The summed E-state index contributed by atoms with van der Waals surface area (Å²) in [4.78, 5) is 16.9. The number of benzene rings is 2. The first-order chi connectivity index (χ1) is 16.9. The highest BCUT2D eigenvalue weighted by molar-refractivity contribution is 5.95. The normalized spacial score (nSPS) is 11.6. The van der Waals surface area contributed by atoms with Gasteiger partial charge in [-0.3, -0.25) is 9.78 Å². The van der Waals surface area contributed by atoms with E-state index in [2.05, 4.69) is 24.1 Å². The third-order valence-corrected chi connectivity index (χ3v) is 5.56. The van der Waals surface area contributed by atoms with Crippen LogP contribution in [0.15, 0.2) is 60.9 Å². The first-order valence-electron chi connectivity index (χ1n) is 11.7. The van der Waals surface area contributed by atoms with Crippen molar-refractivity contribution in [2.45, 2.75) is 39.8 Å². The second kappa shape index (κ2) is 12.6. The summed E-state index contributed by atoms with van der Waals surface area (Å²) >= 11 is 0. The fourth-order valence-electron chi connectivity index (χ4n) is 3.41. The molecule has 1 heterocycles. The maximum atomic E-state index is 12.9. The number of aromatic nitrogens is 1. The Morgan fingerprint density at radius 3 is 2.20 bits per heavy atom. The molecule has 35 heavy (non-hydrogen) atoms. The van der Waals surface area contributed by atoms with E-state index in [0.29, 0.717) is 47.7 Å². The van der Waals surface area contributed by atoms with Crippen molar-refractivity contribution in [3.05, 3.63) is 77.6 Å². The van der Waals surface area contributed by atoms with Crippen molar-refractivity contribution in [3.8, 4) is 23.0 Å². The molecule has 7 nitrogen and oxygen atoms in total. The zero-order valence-electron chi connectivity index (χ0n) is 21.0. The van der Waals surface area contributed by atoms with E-state index in [-0.39, 0.29) is 11.9 Å². The topological polar surface area (TPSA) is 78.9 Å². The maximum Gasteiger partial charge on any atom is 0.251 e. The van der Waals surface area contributed by atoms with E-state index in [0.717, 1.165) is 17.5 Å². The lowest BCUT2D eigenvalue weighted by molar-refractivity contribution is 0.0939. The fraction of sp³-hybridized carbons (Fsp3) is 0.357. The number of nitrogens with zero attached hydrogens (tertiary/aromatic N) is 1. The monoisotopic (exact) mass is 478 g/mol. The Kier molecular flexibility index (Phi) is 9.35. The Hall–Kier alpha value is -3.74. The predicted octanol–water partition coefficient (Wildman–Crippen LogP) is 5.59. The van der Waals surface area contributed by atoms with Crippen molar-refractivity contribution in [1.82, 2.24) is 10.3 Å². The summed E-state index contributed by atoms with van der Waals surface area (Å²) in [6, 6.07) is 14.4. The number of amides is 1. The van der Waals surface area contributed by atoms with Crippen LogP contribution in [-0.4, -0.2) is 31.7 Å². The molecule has 3 aromatic rings. The van der Waals surface area contributed by atoms with E-state index < -0.39 is 0 Å². The van der Waals surface area contributed by atoms with Crippen molar-refractivity contribution in [1.29, 1.82) is 0 Å². The zero-order valence-corrected chi connectivity index (χ0v) is 21.0. The van der Waals surface area contributed by atoms with Crippen LogP contribution in [0.4, 0.5) is 0 Å². The van der Waals surface area contributed by atoms with Crippen LogP contribution in [0.1, 0.15) is 54.7 Å². The number of rotatable bonds is 12. The van der Waals surface area contributed by atoms with Gasteiger partial charge < -0.3 is 24.3 Å². The Bertz CT molecular complexity index is 1100. The van der Waals surface area contributed by atoms with Crippen molar-refractivity contribution in [2.75, 3.05) is 20.8 Å². The van der Waals surface area contributed by atoms with Gasteiger partial charge in [0.2, 0.25) is 0 Å². The van der Waals surface area contributed by atoms with Crippen molar-refractivity contribution in [2.24, 2.45) is 5.92 Å². The second-order valence-corrected chi connectivity index (χ2v) is 8.65. The molecule has 0 saturated heterocycles. The first kappa shape index (κ1) is 25.9. The average molecular weight is 479 g/mol. The van der Waals surface area contributed by atoms with E-state index in [4.69, 9.17) is 18.9 Å². The minimum atomic E-state index is -0.251. The van der Waals surface area contributed by atoms with Crippen LogP contribution in [0.25, 0.3) is 0 Å². The SMILES string of the molecule is COc1cc(C(=O)NC(C)c2ccc(OCc3ccncc3)c(OC)c2)ccc1OCCC(C)C. The first-order valence-corrected chi connectivity index (χ1v) is 11.7. The van der Waals surface area contributed by atoms with Crippen LogP contribution in [-0.2, 0) is 6.61 Å². The molecule has 0 fully saturated rings. The predicted molar refractivity (Wildman–Crippen MR) is 135 cm³/mol. The lowest BCUT2D eigenvalue weighted by Crippen LogP contribution is -2.26. The van der Waals surface area contributed by atoms with Gasteiger partial charge in [-0.1, -0.05) is 19.9 Å². The van der Waals surface area contributed by atoms with Gasteiger partial charge in [0, 0.05) is 18.0 Å². The maximum absolute atomic E-state index is 12.9. The number of carbonyl (C=O) groups excluding carboxylic acids is 1. The van der Waals surface area contributed by atoms with Gasteiger partial charge in [0.1, 0.15) is 6.61 Å². The molecule has 0 radical (unpaired) electrons. The number of ether oxygens (including phenoxy) is 4. The lowest BCUT2D eigenvalue weighted by Gasteiger charge is -2.18. The van der Waals surface area contributed by atoms with Gasteiger partial charge in [0.15, 0.2) is 23.0 Å². The third kappa shape index (κ3) is 7.37. The van der Waals surface area contributed by atoms with Crippen molar-refractivity contribution in [3.63, 3.8) is 0 Å². The minimum absolute atomic E-state index is 0.207. The van der Waals surface area contributed by atoms with Crippen LogP contribution in [0.3, 0.4) is 0 Å². The minimum Gasteiger partial charge on any atom is -0.493 e. The molecule has 2 aromatic carbocycles. The summed E-state index contributed by atoms with van der Waals surface area (Å²) in [5.41, 5.74) is 2.40. The van der Waals surface area contributed by atoms with Crippen LogP contribution in [0, 0.1) is 5.92 Å². The van der Waals surface area contributed by atoms with Crippen LogP contribution >= 0.6 is 0 Å². The summed E-state index contributed by atoms with van der Waals surface area (Å²) in [6.45, 7) is 7.22. The molecule has 1 amide bonds. The number of carbonyl (C=O) groups is 1. The van der Waals surface area contributed by atoms with Crippen molar-refractivity contribution >= 4 is 5.91 Å². The number of pyridine rings is 1. The van der Waals surface area contributed by atoms with Gasteiger partial charge in [-0.25, -0.2) is 0 Å². The molecule has 0 aliphatic heterocycles. The molecule has 1 aromatic heterocycles. The highest BCUT2D eigenvalue weighted by atomic mass is 16.5. The average Bonchev–Trinajstić information content (AvgIpc) is 2.87. The summed E-state index contributed by atoms with van der Waals surface area (Å²) < 4.78 is 22.7. The van der Waals surface area contributed by atoms with Gasteiger partial charge in [0.05, 0.1) is 26.9 Å². The number of hydrogen-bond acceptors (Lipinski definition) is 6. The smallest absolute Gasteiger partial charge is 0.251 e. The summed E-state index contributed by atoms with van der Waals surface area (Å²) in [5.74, 6) is 2.73. The second-order valence-electron chi connectivity index (χ2n) is 8.65. The van der Waals surface area contributed by atoms with Crippen molar-refractivity contribution < 1.29 is 23.7 Å². The van der Waals surface area contributed by atoms with E-state index >= 15 is 0 Å². The Balaban J connectivity index is 1.65. The van der Waals surface area contributed by atoms with Gasteiger partial charge >= 0.3 is 0 Å². The van der Waals surface area contributed by atoms with E-state index in [1.807, 2.05) is 37.3 Å². The molecule has 0 saturated carbocycles. The largest absolute Gasteiger partial charge is 0.493 e. The molecule has 0 spiro atoms. The Morgan fingerprint density at radius 1 is 0.857 bits per heavy atom. The molecule has 1 N–H and O–H groups in total. The molecule has 0 bridgehead atoms. The third-order valence-electron chi connectivity index (χ3n) is 5.56.